The van der Waals surface area contributed by atoms with Crippen molar-refractivity contribution >= 4 is 22.8 Å². The third-order valence-electron chi connectivity index (χ3n) is 5.97. The maximum Gasteiger partial charge on any atom is 0.339 e. The van der Waals surface area contributed by atoms with Crippen LogP contribution in [0.5, 0.6) is 5.75 Å². The number of carbonyl (C=O) groups is 2. The summed E-state index contributed by atoms with van der Waals surface area (Å²) in [5, 5.41) is 0.772. The summed E-state index contributed by atoms with van der Waals surface area (Å²) in [6, 6.07) is 14.2. The van der Waals surface area contributed by atoms with Crippen LogP contribution in [-0.4, -0.2) is 50.2 Å². The molecule has 1 saturated heterocycles. The first-order valence-corrected chi connectivity index (χ1v) is 11.2. The van der Waals surface area contributed by atoms with E-state index in [1.165, 1.54) is 0 Å². The summed E-state index contributed by atoms with van der Waals surface area (Å²) in [6.07, 6.45) is -0.969. The van der Waals surface area contributed by atoms with Crippen LogP contribution in [0.15, 0.2) is 57.7 Å². The maximum atomic E-state index is 13.1. The minimum absolute atomic E-state index is 0.0625. The van der Waals surface area contributed by atoms with Gasteiger partial charge in [-0.2, -0.15) is 0 Å². The molecule has 1 aromatic heterocycles. The Morgan fingerprint density at radius 2 is 1.82 bits per heavy atom. The summed E-state index contributed by atoms with van der Waals surface area (Å²) in [7, 11) is 1.54. The molecule has 1 unspecified atom stereocenters. The van der Waals surface area contributed by atoms with Crippen LogP contribution >= 0.6 is 0 Å². The van der Waals surface area contributed by atoms with Crippen molar-refractivity contribution in [3.8, 4) is 5.75 Å². The topological polar surface area (TPSA) is 95.3 Å². The molecular formula is C26H27NO7. The fourth-order valence-corrected chi connectivity index (χ4v) is 4.05. The van der Waals surface area contributed by atoms with Gasteiger partial charge in [-0.05, 0) is 31.0 Å². The molecule has 2 aromatic carbocycles. The molecule has 0 saturated carbocycles. The fraction of sp³-hybridized carbons (Fsp3) is 0.346. The minimum atomic E-state index is -1.05. The molecular weight excluding hydrogens is 438 g/mol. The van der Waals surface area contributed by atoms with Gasteiger partial charge in [0.2, 0.25) is 6.10 Å². The number of rotatable bonds is 7. The highest BCUT2D eigenvalue weighted by atomic mass is 16.5. The highest BCUT2D eigenvalue weighted by Crippen LogP contribution is 2.25. The number of hydrogen-bond donors (Lipinski definition) is 0. The van der Waals surface area contributed by atoms with E-state index in [9.17, 15) is 14.4 Å². The van der Waals surface area contributed by atoms with Gasteiger partial charge >= 0.3 is 11.6 Å². The molecule has 0 bridgehead atoms. The van der Waals surface area contributed by atoms with Crippen LogP contribution in [0.2, 0.25) is 0 Å². The largest absolute Gasteiger partial charge is 0.497 e. The van der Waals surface area contributed by atoms with E-state index < -0.39 is 17.7 Å². The van der Waals surface area contributed by atoms with Crippen LogP contribution < -0.4 is 10.4 Å². The number of esters is 1. The number of hydrogen-bond acceptors (Lipinski definition) is 7. The van der Waals surface area contributed by atoms with Crippen LogP contribution in [0.4, 0.5) is 0 Å². The monoisotopic (exact) mass is 465 g/mol. The number of ether oxygens (including phenoxy) is 3. The summed E-state index contributed by atoms with van der Waals surface area (Å²) in [4.78, 5) is 40.2. The zero-order valence-electron chi connectivity index (χ0n) is 19.2. The predicted molar refractivity (Wildman–Crippen MR) is 125 cm³/mol. The number of methoxy groups -OCH3 is 1. The van der Waals surface area contributed by atoms with Gasteiger partial charge in [-0.25, -0.2) is 4.79 Å². The predicted octanol–water partition coefficient (Wildman–Crippen LogP) is 3.19. The van der Waals surface area contributed by atoms with Crippen molar-refractivity contribution in [1.29, 1.82) is 0 Å². The summed E-state index contributed by atoms with van der Waals surface area (Å²) in [6.45, 7) is 3.61. The van der Waals surface area contributed by atoms with E-state index in [1.54, 1.807) is 48.4 Å². The SMILES string of the molecule is COc1ccc2c(C)c(CCC(=O)OC(C(=O)N3CCOCC3)c3ccccc3)c(=O)oc2c1. The van der Waals surface area contributed by atoms with Gasteiger partial charge in [0.15, 0.2) is 0 Å². The van der Waals surface area contributed by atoms with Crippen molar-refractivity contribution < 1.29 is 28.2 Å². The van der Waals surface area contributed by atoms with E-state index in [-0.39, 0.29) is 18.7 Å². The number of morpholine rings is 1. The maximum absolute atomic E-state index is 13.1. The summed E-state index contributed by atoms with van der Waals surface area (Å²) in [5.74, 6) is -0.259. The molecule has 4 rings (SSSR count). The number of nitrogens with zero attached hydrogens (tertiary/aromatic N) is 1. The quantitative estimate of drug-likeness (QED) is 0.391. The third-order valence-corrected chi connectivity index (χ3v) is 5.97. The van der Waals surface area contributed by atoms with E-state index in [4.69, 9.17) is 18.6 Å². The molecule has 1 atom stereocenters. The number of aryl methyl sites for hydroxylation is 1. The zero-order valence-corrected chi connectivity index (χ0v) is 19.2. The summed E-state index contributed by atoms with van der Waals surface area (Å²) in [5.41, 5.74) is 1.67. The fourth-order valence-electron chi connectivity index (χ4n) is 4.05. The van der Waals surface area contributed by atoms with Crippen LogP contribution in [0.25, 0.3) is 11.0 Å². The first kappa shape index (κ1) is 23.5. The van der Waals surface area contributed by atoms with E-state index >= 15 is 0 Å². The van der Waals surface area contributed by atoms with Gasteiger partial charge in [0.25, 0.3) is 5.91 Å². The molecule has 1 amide bonds. The lowest BCUT2D eigenvalue weighted by Crippen LogP contribution is -2.44. The Hall–Kier alpha value is -3.65. The van der Waals surface area contributed by atoms with Gasteiger partial charge in [-0.3, -0.25) is 9.59 Å². The van der Waals surface area contributed by atoms with Crippen molar-refractivity contribution in [2.24, 2.45) is 0 Å². The number of amides is 1. The molecule has 1 aliphatic rings. The van der Waals surface area contributed by atoms with Gasteiger partial charge in [-0.15, -0.1) is 0 Å². The van der Waals surface area contributed by atoms with Crippen LogP contribution in [0.3, 0.4) is 0 Å². The second kappa shape index (κ2) is 10.5. The smallest absolute Gasteiger partial charge is 0.339 e. The minimum Gasteiger partial charge on any atom is -0.497 e. The second-order valence-electron chi connectivity index (χ2n) is 8.07. The zero-order chi connectivity index (χ0) is 24.1. The third kappa shape index (κ3) is 5.12. The van der Waals surface area contributed by atoms with Crippen LogP contribution in [-0.2, 0) is 25.5 Å². The van der Waals surface area contributed by atoms with E-state index in [2.05, 4.69) is 0 Å². The Labute approximate surface area is 197 Å². The molecule has 8 heteroatoms. The molecule has 34 heavy (non-hydrogen) atoms. The standard InChI is InChI=1S/C26H27NO7/c1-17-20-9-8-19(31-2)16-22(20)33-26(30)21(17)10-11-23(28)34-24(18-6-4-3-5-7-18)25(29)27-12-14-32-15-13-27/h3-9,16,24H,10-15H2,1-2H3. The molecule has 8 nitrogen and oxygen atoms in total. The molecule has 0 spiro atoms. The van der Waals surface area contributed by atoms with Gasteiger partial charge in [-0.1, -0.05) is 30.3 Å². The van der Waals surface area contributed by atoms with Gasteiger partial charge in [0, 0.05) is 42.1 Å². The molecule has 0 radical (unpaired) electrons. The number of carbonyl (C=O) groups excluding carboxylic acids is 2. The number of fused-ring (bicyclic) bond motifs is 1. The van der Waals surface area contributed by atoms with Crippen molar-refractivity contribution in [2.45, 2.75) is 25.9 Å². The van der Waals surface area contributed by atoms with E-state index in [1.807, 2.05) is 19.1 Å². The Bertz CT molecular complexity index is 1230. The van der Waals surface area contributed by atoms with Crippen LogP contribution in [0.1, 0.15) is 29.2 Å². The molecule has 178 valence electrons. The molecule has 0 aliphatic carbocycles. The molecule has 3 aromatic rings. The second-order valence-corrected chi connectivity index (χ2v) is 8.07. The molecule has 0 N–H and O–H groups in total. The van der Waals surface area contributed by atoms with Gasteiger partial charge in [0.1, 0.15) is 11.3 Å². The highest BCUT2D eigenvalue weighted by Gasteiger charge is 2.30. The van der Waals surface area contributed by atoms with Crippen molar-refractivity contribution in [1.82, 2.24) is 4.90 Å². The molecule has 1 aliphatic heterocycles. The van der Waals surface area contributed by atoms with Gasteiger partial charge in [0.05, 0.1) is 20.3 Å². The number of benzene rings is 2. The average molecular weight is 466 g/mol. The van der Waals surface area contributed by atoms with E-state index in [0.717, 1.165) is 10.9 Å². The Morgan fingerprint density at radius 3 is 2.53 bits per heavy atom. The molecule has 2 heterocycles. The van der Waals surface area contributed by atoms with Crippen molar-refractivity contribution in [3.05, 3.63) is 75.6 Å². The Balaban J connectivity index is 1.50. The van der Waals surface area contributed by atoms with Crippen molar-refractivity contribution in [2.75, 3.05) is 33.4 Å². The lowest BCUT2D eigenvalue weighted by Gasteiger charge is -2.30. The summed E-state index contributed by atoms with van der Waals surface area (Å²) >= 11 is 0. The summed E-state index contributed by atoms with van der Waals surface area (Å²) < 4.78 is 21.6. The van der Waals surface area contributed by atoms with Crippen molar-refractivity contribution in [3.63, 3.8) is 0 Å². The normalized spacial score (nSPS) is 14.6. The Morgan fingerprint density at radius 1 is 1.09 bits per heavy atom. The van der Waals surface area contributed by atoms with Gasteiger partial charge < -0.3 is 23.5 Å². The first-order chi connectivity index (χ1) is 16.5. The van der Waals surface area contributed by atoms with E-state index in [0.29, 0.717) is 48.8 Å². The Kier molecular flexibility index (Phi) is 7.27. The molecule has 1 fully saturated rings. The highest BCUT2D eigenvalue weighted by molar-refractivity contribution is 5.85. The average Bonchev–Trinajstić information content (AvgIpc) is 2.87. The first-order valence-electron chi connectivity index (χ1n) is 11.2. The lowest BCUT2D eigenvalue weighted by molar-refractivity contribution is -0.162. The van der Waals surface area contributed by atoms with Crippen LogP contribution in [0, 0.1) is 6.92 Å². The lowest BCUT2D eigenvalue weighted by atomic mass is 10.0.